The van der Waals surface area contributed by atoms with Gasteiger partial charge >= 0.3 is 0 Å². The molecule has 2 aliphatic rings. The van der Waals surface area contributed by atoms with Gasteiger partial charge in [-0.2, -0.15) is 0 Å². The molecule has 0 amide bonds. The van der Waals surface area contributed by atoms with E-state index >= 15 is 0 Å². The first kappa shape index (κ1) is 16.9. The maximum absolute atomic E-state index is 6.83. The summed E-state index contributed by atoms with van der Waals surface area (Å²) in [4.78, 5) is 2.33. The summed E-state index contributed by atoms with van der Waals surface area (Å²) in [6.07, 6.45) is 4.35. The molecule has 0 fully saturated rings. The smallest absolute Gasteiger partial charge is 0.216 e. The Bertz CT molecular complexity index is 1070. The van der Waals surface area contributed by atoms with Crippen LogP contribution in [0, 0.1) is 0 Å². The number of methoxy groups -OCH3 is 1. The number of ether oxygens (including phenoxy) is 2. The van der Waals surface area contributed by atoms with Crippen LogP contribution in [0.4, 0.5) is 11.4 Å². The molecule has 0 saturated carbocycles. The van der Waals surface area contributed by atoms with Gasteiger partial charge in [0.2, 0.25) is 5.72 Å². The van der Waals surface area contributed by atoms with Gasteiger partial charge in [-0.05, 0) is 68.0 Å². The van der Waals surface area contributed by atoms with Gasteiger partial charge < -0.3 is 9.47 Å². The van der Waals surface area contributed by atoms with Gasteiger partial charge in [-0.25, -0.2) is 0 Å². The molecule has 1 spiro atoms. The third kappa shape index (κ3) is 2.16. The van der Waals surface area contributed by atoms with Gasteiger partial charge in [-0.15, -0.1) is 0 Å². The molecule has 2 aliphatic heterocycles. The van der Waals surface area contributed by atoms with E-state index in [9.17, 15) is 0 Å². The molecule has 140 valence electrons. The van der Waals surface area contributed by atoms with Crippen LogP contribution >= 0.6 is 0 Å². The Morgan fingerprint density at radius 2 is 1.64 bits per heavy atom. The molecule has 2 heterocycles. The molecule has 0 aromatic heterocycles. The van der Waals surface area contributed by atoms with Crippen molar-refractivity contribution in [2.24, 2.45) is 0 Å². The van der Waals surface area contributed by atoms with Crippen molar-refractivity contribution in [2.75, 3.05) is 12.0 Å². The number of benzene rings is 3. The Balaban J connectivity index is 1.74. The second-order valence-corrected chi connectivity index (χ2v) is 7.85. The van der Waals surface area contributed by atoms with Crippen molar-refractivity contribution in [3.05, 3.63) is 90.0 Å². The summed E-state index contributed by atoms with van der Waals surface area (Å²) in [5, 5.41) is 0. The number of nitrogens with zero attached hydrogens (tertiary/aromatic N) is 1. The SMILES string of the molecule is COc1ccc2c(c1)C=CC1(O2)N(c2ccccc2)c2ccccc2C1(C)C. The summed E-state index contributed by atoms with van der Waals surface area (Å²) >= 11 is 0. The van der Waals surface area contributed by atoms with E-state index < -0.39 is 5.72 Å². The maximum atomic E-state index is 6.83. The molecular weight excluding hydrogens is 346 g/mol. The Morgan fingerprint density at radius 3 is 2.43 bits per heavy atom. The first-order valence-corrected chi connectivity index (χ1v) is 9.58. The van der Waals surface area contributed by atoms with Crippen molar-refractivity contribution in [3.63, 3.8) is 0 Å². The Kier molecular flexibility index (Phi) is 3.57. The summed E-state index contributed by atoms with van der Waals surface area (Å²) in [6, 6.07) is 25.0. The summed E-state index contributed by atoms with van der Waals surface area (Å²) < 4.78 is 12.2. The van der Waals surface area contributed by atoms with Crippen LogP contribution < -0.4 is 14.4 Å². The summed E-state index contributed by atoms with van der Waals surface area (Å²) in [7, 11) is 1.68. The second-order valence-electron chi connectivity index (χ2n) is 7.85. The van der Waals surface area contributed by atoms with Crippen LogP contribution in [-0.2, 0) is 5.41 Å². The average molecular weight is 369 g/mol. The number of fused-ring (bicyclic) bond motifs is 2. The molecule has 1 unspecified atom stereocenters. The van der Waals surface area contributed by atoms with Crippen LogP contribution in [0.25, 0.3) is 6.08 Å². The lowest BCUT2D eigenvalue weighted by Crippen LogP contribution is -2.57. The van der Waals surface area contributed by atoms with Crippen LogP contribution in [0.2, 0.25) is 0 Å². The highest BCUT2D eigenvalue weighted by molar-refractivity contribution is 5.79. The monoisotopic (exact) mass is 369 g/mol. The van der Waals surface area contributed by atoms with Crippen molar-refractivity contribution < 1.29 is 9.47 Å². The van der Waals surface area contributed by atoms with Gasteiger partial charge in [0, 0.05) is 16.9 Å². The van der Waals surface area contributed by atoms with Gasteiger partial charge in [0.05, 0.1) is 12.5 Å². The minimum atomic E-state index is -0.653. The normalized spacial score (nSPS) is 21.2. The fourth-order valence-corrected chi connectivity index (χ4v) is 4.49. The molecule has 1 atom stereocenters. The molecule has 0 bridgehead atoms. The predicted octanol–water partition coefficient (Wildman–Crippen LogP) is 5.93. The molecule has 0 radical (unpaired) electrons. The molecule has 3 nitrogen and oxygen atoms in total. The molecule has 5 rings (SSSR count). The van der Waals surface area contributed by atoms with E-state index in [2.05, 4.69) is 79.4 Å². The minimum Gasteiger partial charge on any atom is -0.497 e. The van der Waals surface area contributed by atoms with Gasteiger partial charge in [-0.3, -0.25) is 4.90 Å². The Hall–Kier alpha value is -3.20. The zero-order valence-corrected chi connectivity index (χ0v) is 16.3. The zero-order chi connectivity index (χ0) is 19.4. The number of hydrogen-bond acceptors (Lipinski definition) is 3. The van der Waals surface area contributed by atoms with E-state index in [1.807, 2.05) is 24.3 Å². The molecule has 0 aliphatic carbocycles. The first-order valence-electron chi connectivity index (χ1n) is 9.58. The number of para-hydroxylation sites is 2. The Morgan fingerprint density at radius 1 is 0.893 bits per heavy atom. The third-order valence-corrected chi connectivity index (χ3v) is 6.03. The standard InChI is InChI=1S/C25H23NO2/c1-24(2)21-11-7-8-12-22(21)26(19-9-5-4-6-10-19)25(24)16-15-18-17-20(27-3)13-14-23(18)28-25/h4-17H,1-3H3. The van der Waals surface area contributed by atoms with Crippen molar-refractivity contribution >= 4 is 17.5 Å². The summed E-state index contributed by atoms with van der Waals surface area (Å²) in [5.74, 6) is 1.70. The zero-order valence-electron chi connectivity index (χ0n) is 16.3. The predicted molar refractivity (Wildman–Crippen MR) is 113 cm³/mol. The van der Waals surface area contributed by atoms with Crippen molar-refractivity contribution in [3.8, 4) is 11.5 Å². The quantitative estimate of drug-likeness (QED) is 0.559. The third-order valence-electron chi connectivity index (χ3n) is 6.03. The minimum absolute atomic E-state index is 0.256. The van der Waals surface area contributed by atoms with E-state index in [0.29, 0.717) is 0 Å². The fourth-order valence-electron chi connectivity index (χ4n) is 4.49. The highest BCUT2D eigenvalue weighted by Gasteiger charge is 2.59. The summed E-state index contributed by atoms with van der Waals surface area (Å²) in [5.41, 5.74) is 3.69. The first-order chi connectivity index (χ1) is 13.6. The molecule has 0 N–H and O–H groups in total. The van der Waals surface area contributed by atoms with Gasteiger partial charge in [0.1, 0.15) is 11.5 Å². The molecule has 28 heavy (non-hydrogen) atoms. The topological polar surface area (TPSA) is 21.7 Å². The van der Waals surface area contributed by atoms with E-state index in [-0.39, 0.29) is 5.41 Å². The largest absolute Gasteiger partial charge is 0.497 e. The lowest BCUT2D eigenvalue weighted by molar-refractivity contribution is 0.0629. The van der Waals surface area contributed by atoms with Crippen LogP contribution in [0.5, 0.6) is 11.5 Å². The van der Waals surface area contributed by atoms with Gasteiger partial charge in [0.25, 0.3) is 0 Å². The van der Waals surface area contributed by atoms with Gasteiger partial charge in [0.15, 0.2) is 0 Å². The lowest BCUT2D eigenvalue weighted by Gasteiger charge is -2.47. The molecule has 3 heteroatoms. The van der Waals surface area contributed by atoms with Crippen LogP contribution in [0.1, 0.15) is 25.0 Å². The maximum Gasteiger partial charge on any atom is 0.216 e. The van der Waals surface area contributed by atoms with E-state index in [1.165, 1.54) is 11.3 Å². The van der Waals surface area contributed by atoms with Crippen molar-refractivity contribution in [2.45, 2.75) is 25.0 Å². The number of anilines is 2. The van der Waals surface area contributed by atoms with Gasteiger partial charge in [-0.1, -0.05) is 36.4 Å². The number of hydrogen-bond donors (Lipinski definition) is 0. The molecule has 0 saturated heterocycles. The van der Waals surface area contributed by atoms with Crippen LogP contribution in [-0.4, -0.2) is 12.8 Å². The van der Waals surface area contributed by atoms with Crippen molar-refractivity contribution in [1.29, 1.82) is 0 Å². The van der Waals surface area contributed by atoms with E-state index in [1.54, 1.807) is 7.11 Å². The van der Waals surface area contributed by atoms with Crippen LogP contribution in [0.15, 0.2) is 78.9 Å². The fraction of sp³-hybridized carbons (Fsp3) is 0.200. The van der Waals surface area contributed by atoms with E-state index in [4.69, 9.17) is 9.47 Å². The van der Waals surface area contributed by atoms with Crippen LogP contribution in [0.3, 0.4) is 0 Å². The van der Waals surface area contributed by atoms with Crippen molar-refractivity contribution in [1.82, 2.24) is 0 Å². The average Bonchev–Trinajstić information content (AvgIpc) is 2.92. The number of rotatable bonds is 2. The lowest BCUT2D eigenvalue weighted by atomic mass is 9.76. The molecule has 3 aromatic rings. The van der Waals surface area contributed by atoms with E-state index in [0.717, 1.165) is 22.7 Å². The molecule has 3 aromatic carbocycles. The Labute approximate surface area is 165 Å². The molecular formula is C25H23NO2. The summed E-state index contributed by atoms with van der Waals surface area (Å²) in [6.45, 7) is 4.52. The highest BCUT2D eigenvalue weighted by Crippen LogP contribution is 2.57. The second kappa shape index (κ2) is 5.90. The highest BCUT2D eigenvalue weighted by atomic mass is 16.5.